The molecule has 202 valence electrons. The van der Waals surface area contributed by atoms with E-state index in [9.17, 15) is 14.4 Å². The van der Waals surface area contributed by atoms with E-state index in [1.807, 2.05) is 6.92 Å². The van der Waals surface area contributed by atoms with Gasteiger partial charge in [-0.05, 0) is 27.7 Å². The number of thioether (sulfide) groups is 1. The highest BCUT2D eigenvalue weighted by molar-refractivity contribution is 7.99. The van der Waals surface area contributed by atoms with Crippen molar-refractivity contribution in [3.8, 4) is 17.2 Å². The van der Waals surface area contributed by atoms with E-state index >= 15 is 0 Å². The molecule has 2 bridgehead atoms. The van der Waals surface area contributed by atoms with E-state index in [2.05, 4.69) is 11.9 Å². The second-order valence-corrected chi connectivity index (χ2v) is 11.0. The van der Waals surface area contributed by atoms with Crippen LogP contribution < -0.4 is 19.5 Å². The summed E-state index contributed by atoms with van der Waals surface area (Å²) in [7, 11) is 1.58. The number of methoxy groups -OCH3 is 1. The van der Waals surface area contributed by atoms with Crippen molar-refractivity contribution in [1.82, 2.24) is 10.2 Å². The standard InChI is InChI=1S/C25H32N2O9S/c1-7-8-32-23(29)26-14-11-37-16-9-27(24(30)36-25(3,4)5)15(10-33-22(14)28)17-18(16)19(31-6)13(2)20-21(17)35-12-34-20/h7,14-16H,1,8-12H2,2-6H3,(H,26,29)/t14-,15-,16-/m0/s1. The predicted molar refractivity (Wildman–Crippen MR) is 134 cm³/mol. The number of ether oxygens (including phenoxy) is 6. The summed E-state index contributed by atoms with van der Waals surface area (Å²) in [5, 5.41) is 2.23. The van der Waals surface area contributed by atoms with Crippen LogP contribution in [0.15, 0.2) is 12.7 Å². The molecule has 12 heteroatoms. The number of hydrogen-bond acceptors (Lipinski definition) is 10. The number of hydrogen-bond donors (Lipinski definition) is 1. The van der Waals surface area contributed by atoms with E-state index in [1.54, 1.807) is 32.8 Å². The average molecular weight is 537 g/mol. The molecule has 5 rings (SSSR count). The third-order valence-corrected chi connectivity index (χ3v) is 7.37. The zero-order valence-corrected chi connectivity index (χ0v) is 22.4. The van der Waals surface area contributed by atoms with E-state index in [4.69, 9.17) is 28.4 Å². The fraction of sp³-hybridized carbons (Fsp3) is 0.560. The van der Waals surface area contributed by atoms with Crippen LogP contribution in [0.5, 0.6) is 17.2 Å². The molecular weight excluding hydrogens is 504 g/mol. The number of benzene rings is 1. The number of rotatable bonds is 4. The Balaban J connectivity index is 1.78. The Kier molecular flexibility index (Phi) is 7.67. The molecule has 37 heavy (non-hydrogen) atoms. The lowest BCUT2D eigenvalue weighted by Gasteiger charge is -2.43. The Morgan fingerprint density at radius 1 is 1.22 bits per heavy atom. The third kappa shape index (κ3) is 5.39. The maximum absolute atomic E-state index is 13.4. The molecule has 1 N–H and O–H groups in total. The van der Waals surface area contributed by atoms with Crippen LogP contribution in [0, 0.1) is 6.92 Å². The van der Waals surface area contributed by atoms with Crippen LogP contribution in [0.25, 0.3) is 0 Å². The Morgan fingerprint density at radius 2 is 1.95 bits per heavy atom. The molecule has 0 aromatic heterocycles. The summed E-state index contributed by atoms with van der Waals surface area (Å²) in [5.41, 5.74) is 1.55. The van der Waals surface area contributed by atoms with E-state index < -0.39 is 35.8 Å². The lowest BCUT2D eigenvalue weighted by Crippen LogP contribution is -2.49. The number of carbonyl (C=O) groups excluding carboxylic acids is 3. The molecule has 1 saturated heterocycles. The van der Waals surface area contributed by atoms with Gasteiger partial charge in [-0.15, -0.1) is 11.8 Å². The lowest BCUT2D eigenvalue weighted by molar-refractivity contribution is -0.147. The highest BCUT2D eigenvalue weighted by Gasteiger charge is 2.46. The highest BCUT2D eigenvalue weighted by Crippen LogP contribution is 2.56. The summed E-state index contributed by atoms with van der Waals surface area (Å²) < 4.78 is 33.8. The molecule has 0 radical (unpaired) electrons. The molecule has 4 aliphatic heterocycles. The number of amides is 2. The van der Waals surface area contributed by atoms with Gasteiger partial charge in [-0.25, -0.2) is 14.4 Å². The average Bonchev–Trinajstić information content (AvgIpc) is 3.33. The van der Waals surface area contributed by atoms with Gasteiger partial charge in [-0.1, -0.05) is 12.7 Å². The van der Waals surface area contributed by atoms with E-state index in [-0.39, 0.29) is 37.6 Å². The summed E-state index contributed by atoms with van der Waals surface area (Å²) in [6.45, 7) is 10.9. The fourth-order valence-corrected chi connectivity index (χ4v) is 5.88. The lowest BCUT2D eigenvalue weighted by atomic mass is 9.88. The number of nitrogens with one attached hydrogen (secondary N) is 1. The smallest absolute Gasteiger partial charge is 0.410 e. The number of alkyl carbamates (subject to hydrolysis) is 1. The quantitative estimate of drug-likeness (QED) is 0.347. The van der Waals surface area contributed by atoms with Crippen molar-refractivity contribution in [2.45, 2.75) is 50.6 Å². The molecule has 0 saturated carbocycles. The molecule has 2 amide bonds. The molecule has 0 aliphatic carbocycles. The molecule has 4 heterocycles. The Hall–Kier alpha value is -3.28. The van der Waals surface area contributed by atoms with Gasteiger partial charge in [0.15, 0.2) is 11.5 Å². The summed E-state index contributed by atoms with van der Waals surface area (Å²) in [4.78, 5) is 40.1. The number of nitrogens with zero attached hydrogens (tertiary/aromatic N) is 1. The second kappa shape index (κ2) is 10.6. The van der Waals surface area contributed by atoms with Gasteiger partial charge in [0.2, 0.25) is 6.79 Å². The molecule has 0 unspecified atom stereocenters. The maximum Gasteiger partial charge on any atom is 0.410 e. The van der Waals surface area contributed by atoms with Gasteiger partial charge in [-0.2, -0.15) is 0 Å². The first-order valence-electron chi connectivity index (χ1n) is 11.9. The van der Waals surface area contributed by atoms with Gasteiger partial charge in [0.25, 0.3) is 0 Å². The third-order valence-electron chi connectivity index (χ3n) is 6.06. The number of fused-ring (bicyclic) bond motifs is 7. The van der Waals surface area contributed by atoms with Crippen LogP contribution in [-0.2, 0) is 19.0 Å². The van der Waals surface area contributed by atoms with Crippen LogP contribution in [0.1, 0.15) is 48.8 Å². The molecule has 0 spiro atoms. The normalized spacial score (nSPS) is 22.5. The molecular formula is C25H32N2O9S. The number of carbonyl (C=O) groups is 3. The minimum absolute atomic E-state index is 0.00727. The van der Waals surface area contributed by atoms with Crippen molar-refractivity contribution in [3.05, 3.63) is 29.3 Å². The summed E-state index contributed by atoms with van der Waals surface area (Å²) in [6.07, 6.45) is 0.137. The summed E-state index contributed by atoms with van der Waals surface area (Å²) >= 11 is 1.38. The van der Waals surface area contributed by atoms with Crippen molar-refractivity contribution < 1.29 is 42.8 Å². The van der Waals surface area contributed by atoms with Gasteiger partial charge in [0.1, 0.15) is 30.6 Å². The molecule has 4 aliphatic rings. The summed E-state index contributed by atoms with van der Waals surface area (Å²) in [5.74, 6) is 1.16. The highest BCUT2D eigenvalue weighted by atomic mass is 32.2. The predicted octanol–water partition coefficient (Wildman–Crippen LogP) is 3.64. The van der Waals surface area contributed by atoms with Crippen LogP contribution in [0.2, 0.25) is 0 Å². The zero-order chi connectivity index (χ0) is 26.9. The van der Waals surface area contributed by atoms with E-state index in [0.29, 0.717) is 22.8 Å². The molecule has 3 atom stereocenters. The van der Waals surface area contributed by atoms with Crippen LogP contribution in [0.3, 0.4) is 0 Å². The fourth-order valence-electron chi connectivity index (χ4n) is 4.57. The van der Waals surface area contributed by atoms with Gasteiger partial charge in [0, 0.05) is 29.0 Å². The first kappa shape index (κ1) is 26.8. The maximum atomic E-state index is 13.4. The Bertz CT molecular complexity index is 1100. The Labute approximate surface area is 219 Å². The van der Waals surface area contributed by atoms with Crippen LogP contribution in [0.4, 0.5) is 9.59 Å². The van der Waals surface area contributed by atoms with E-state index in [0.717, 1.165) is 11.1 Å². The van der Waals surface area contributed by atoms with Crippen LogP contribution >= 0.6 is 11.8 Å². The van der Waals surface area contributed by atoms with Crippen molar-refractivity contribution in [2.75, 3.05) is 39.4 Å². The van der Waals surface area contributed by atoms with Crippen molar-refractivity contribution in [2.24, 2.45) is 0 Å². The first-order chi connectivity index (χ1) is 17.6. The SMILES string of the molecule is C=CCOC(=O)N[C@H]1CS[C@H]2CN(C(=O)OC(C)(C)C)[C@@H](COC1=O)c1c3c(c(C)c(OC)c12)OCO3. The molecule has 1 aromatic carbocycles. The van der Waals surface area contributed by atoms with Gasteiger partial charge >= 0.3 is 18.2 Å². The minimum atomic E-state index is -0.957. The van der Waals surface area contributed by atoms with E-state index in [1.165, 1.54) is 17.8 Å². The topological polar surface area (TPSA) is 122 Å². The monoisotopic (exact) mass is 536 g/mol. The largest absolute Gasteiger partial charge is 0.496 e. The molecule has 1 fully saturated rings. The van der Waals surface area contributed by atoms with Crippen molar-refractivity contribution in [1.29, 1.82) is 0 Å². The van der Waals surface area contributed by atoms with Gasteiger partial charge in [0.05, 0.1) is 18.4 Å². The first-order valence-corrected chi connectivity index (χ1v) is 12.9. The van der Waals surface area contributed by atoms with Gasteiger partial charge in [-0.3, -0.25) is 4.90 Å². The molecule has 1 aromatic rings. The van der Waals surface area contributed by atoms with Gasteiger partial charge < -0.3 is 33.7 Å². The minimum Gasteiger partial charge on any atom is -0.496 e. The molecule has 11 nitrogen and oxygen atoms in total. The summed E-state index contributed by atoms with van der Waals surface area (Å²) in [6, 6.07) is -1.69. The van der Waals surface area contributed by atoms with Crippen molar-refractivity contribution in [3.63, 3.8) is 0 Å². The zero-order valence-electron chi connectivity index (χ0n) is 21.6. The van der Waals surface area contributed by atoms with Crippen molar-refractivity contribution >= 4 is 29.9 Å². The Morgan fingerprint density at radius 3 is 2.62 bits per heavy atom. The number of esters is 1. The van der Waals surface area contributed by atoms with Crippen LogP contribution in [-0.4, -0.2) is 74.1 Å². The second-order valence-electron chi connectivity index (χ2n) is 9.73.